The molecule has 2 nitrogen and oxygen atoms in total. The molecular weight excluding hydrogens is 172 g/mol. The predicted molar refractivity (Wildman–Crippen MR) is 55.9 cm³/mol. The van der Waals surface area contributed by atoms with E-state index >= 15 is 0 Å². The lowest BCUT2D eigenvalue weighted by Crippen LogP contribution is -2.05. The minimum atomic E-state index is 1.05. The first kappa shape index (κ1) is 7.68. The lowest BCUT2D eigenvalue weighted by Gasteiger charge is -2.22. The van der Waals surface area contributed by atoms with Gasteiger partial charge < -0.3 is 0 Å². The van der Waals surface area contributed by atoms with Crippen LogP contribution in [0, 0.1) is 13.8 Å². The van der Waals surface area contributed by atoms with Crippen molar-refractivity contribution in [2.24, 2.45) is 0 Å². The van der Waals surface area contributed by atoms with Crippen molar-refractivity contribution in [3.05, 3.63) is 35.7 Å². The largest absolute Gasteiger partial charge is 0.254 e. The molecule has 0 unspecified atom stereocenters. The molecule has 2 aromatic heterocycles. The van der Waals surface area contributed by atoms with Crippen LogP contribution >= 0.6 is 0 Å². The summed E-state index contributed by atoms with van der Waals surface area (Å²) in [6, 6.07) is 6.26. The zero-order valence-corrected chi connectivity index (χ0v) is 8.20. The second-order valence-electron chi connectivity index (χ2n) is 3.69. The van der Waals surface area contributed by atoms with Gasteiger partial charge in [-0.2, -0.15) is 0 Å². The van der Waals surface area contributed by atoms with E-state index in [9.17, 15) is 0 Å². The van der Waals surface area contributed by atoms with Crippen LogP contribution in [0.3, 0.4) is 0 Å². The number of aryl methyl sites for hydroxylation is 2. The van der Waals surface area contributed by atoms with Crippen LogP contribution in [0.2, 0.25) is 0 Å². The Hall–Kier alpha value is -1.70. The van der Waals surface area contributed by atoms with Gasteiger partial charge in [0.2, 0.25) is 0 Å². The zero-order chi connectivity index (χ0) is 9.71. The van der Waals surface area contributed by atoms with Crippen molar-refractivity contribution in [1.29, 1.82) is 0 Å². The maximum absolute atomic E-state index is 4.54. The predicted octanol–water partition coefficient (Wildman–Crippen LogP) is 2.74. The SMILES string of the molecule is Cc1cc2c(nc1C)-c1ncccc1-2. The molecule has 2 heterocycles. The maximum atomic E-state index is 4.54. The van der Waals surface area contributed by atoms with Gasteiger partial charge in [-0.1, -0.05) is 6.07 Å². The summed E-state index contributed by atoms with van der Waals surface area (Å²) in [5.74, 6) is 0. The monoisotopic (exact) mass is 182 g/mol. The van der Waals surface area contributed by atoms with Crippen LogP contribution in [0.15, 0.2) is 24.4 Å². The van der Waals surface area contributed by atoms with Crippen LogP contribution in [0.1, 0.15) is 11.3 Å². The fourth-order valence-electron chi connectivity index (χ4n) is 1.84. The molecule has 1 aliphatic carbocycles. The highest BCUT2D eigenvalue weighted by Gasteiger charge is 2.25. The van der Waals surface area contributed by atoms with Crippen LogP contribution in [-0.2, 0) is 0 Å². The normalized spacial score (nSPS) is 11.6. The van der Waals surface area contributed by atoms with Gasteiger partial charge in [-0.05, 0) is 31.5 Å². The molecule has 0 bridgehead atoms. The van der Waals surface area contributed by atoms with E-state index in [1.807, 2.05) is 19.2 Å². The molecule has 2 heteroatoms. The number of nitrogens with zero attached hydrogens (tertiary/aromatic N) is 2. The second kappa shape index (κ2) is 2.41. The van der Waals surface area contributed by atoms with Crippen LogP contribution < -0.4 is 0 Å². The quantitative estimate of drug-likeness (QED) is 0.534. The highest BCUT2D eigenvalue weighted by molar-refractivity contribution is 5.98. The van der Waals surface area contributed by atoms with Gasteiger partial charge in [0.15, 0.2) is 0 Å². The number of hydrogen-bond acceptors (Lipinski definition) is 2. The third-order valence-corrected chi connectivity index (χ3v) is 2.79. The minimum absolute atomic E-state index is 1.05. The smallest absolute Gasteiger partial charge is 0.0975 e. The Morgan fingerprint density at radius 1 is 1.07 bits per heavy atom. The summed E-state index contributed by atoms with van der Waals surface area (Å²) in [5.41, 5.74) is 6.93. The molecule has 0 radical (unpaired) electrons. The average Bonchev–Trinajstić information content (AvgIpc) is 2.21. The van der Waals surface area contributed by atoms with E-state index in [0.717, 1.165) is 17.1 Å². The summed E-state index contributed by atoms with van der Waals surface area (Å²) in [6.07, 6.45) is 1.82. The van der Waals surface area contributed by atoms with E-state index in [1.165, 1.54) is 16.7 Å². The van der Waals surface area contributed by atoms with Crippen LogP contribution in [-0.4, -0.2) is 9.97 Å². The summed E-state index contributed by atoms with van der Waals surface area (Å²) in [4.78, 5) is 8.85. The van der Waals surface area contributed by atoms with E-state index in [1.54, 1.807) is 0 Å². The number of hydrogen-bond donors (Lipinski definition) is 0. The zero-order valence-electron chi connectivity index (χ0n) is 8.20. The molecule has 0 atom stereocenters. The Bertz CT molecular complexity index is 482. The highest BCUT2D eigenvalue weighted by atomic mass is 14.8. The van der Waals surface area contributed by atoms with Gasteiger partial charge in [0, 0.05) is 23.0 Å². The topological polar surface area (TPSA) is 25.8 Å². The Kier molecular flexibility index (Phi) is 1.32. The van der Waals surface area contributed by atoms with Crippen molar-refractivity contribution in [1.82, 2.24) is 9.97 Å². The van der Waals surface area contributed by atoms with Gasteiger partial charge in [-0.3, -0.25) is 9.97 Å². The van der Waals surface area contributed by atoms with E-state index in [4.69, 9.17) is 0 Å². The molecule has 0 aromatic carbocycles. The first-order chi connectivity index (χ1) is 6.77. The standard InChI is InChI=1S/C12H10N2/c1-7-6-10-9-4-3-5-13-11(9)12(10)14-8(7)2/h3-6H,1-2H3. The van der Waals surface area contributed by atoms with Crippen molar-refractivity contribution in [2.75, 3.05) is 0 Å². The molecule has 0 N–H and O–H groups in total. The fraction of sp³-hybridized carbons (Fsp3) is 0.167. The van der Waals surface area contributed by atoms with E-state index in [0.29, 0.717) is 0 Å². The molecule has 3 rings (SSSR count). The molecule has 2 aromatic rings. The highest BCUT2D eigenvalue weighted by Crippen LogP contribution is 2.44. The summed E-state index contributed by atoms with van der Waals surface area (Å²) >= 11 is 0. The molecule has 0 spiro atoms. The minimum Gasteiger partial charge on any atom is -0.254 e. The fourth-order valence-corrected chi connectivity index (χ4v) is 1.84. The molecule has 0 saturated carbocycles. The van der Waals surface area contributed by atoms with Crippen molar-refractivity contribution < 1.29 is 0 Å². The van der Waals surface area contributed by atoms with Crippen molar-refractivity contribution >= 4 is 0 Å². The average molecular weight is 182 g/mol. The van der Waals surface area contributed by atoms with Crippen LogP contribution in [0.25, 0.3) is 22.5 Å². The van der Waals surface area contributed by atoms with E-state index < -0.39 is 0 Å². The molecule has 68 valence electrons. The molecule has 0 amide bonds. The van der Waals surface area contributed by atoms with Gasteiger partial charge in [0.1, 0.15) is 0 Å². The Labute approximate surface area is 82.7 Å². The van der Waals surface area contributed by atoms with Gasteiger partial charge in [-0.15, -0.1) is 0 Å². The van der Waals surface area contributed by atoms with E-state index in [2.05, 4.69) is 29.0 Å². The third kappa shape index (κ3) is 0.803. The second-order valence-corrected chi connectivity index (χ2v) is 3.69. The molecular formula is C12H10N2. The van der Waals surface area contributed by atoms with Gasteiger partial charge in [-0.25, -0.2) is 0 Å². The number of rotatable bonds is 0. The summed E-state index contributed by atoms with van der Waals surface area (Å²) in [6.45, 7) is 4.13. The first-order valence-corrected chi connectivity index (χ1v) is 4.71. The molecule has 0 saturated heterocycles. The van der Waals surface area contributed by atoms with Gasteiger partial charge in [0.05, 0.1) is 11.4 Å². The van der Waals surface area contributed by atoms with Crippen molar-refractivity contribution in [3.63, 3.8) is 0 Å². The van der Waals surface area contributed by atoms with Crippen LogP contribution in [0.4, 0.5) is 0 Å². The van der Waals surface area contributed by atoms with Crippen LogP contribution in [0.5, 0.6) is 0 Å². The lowest BCUT2D eigenvalue weighted by atomic mass is 9.88. The molecule has 14 heavy (non-hydrogen) atoms. The van der Waals surface area contributed by atoms with Crippen molar-refractivity contribution in [2.45, 2.75) is 13.8 Å². The van der Waals surface area contributed by atoms with Crippen molar-refractivity contribution in [3.8, 4) is 22.5 Å². The van der Waals surface area contributed by atoms with Gasteiger partial charge >= 0.3 is 0 Å². The number of fused-ring (bicyclic) bond motifs is 4. The summed E-state index contributed by atoms with van der Waals surface area (Å²) in [7, 11) is 0. The summed E-state index contributed by atoms with van der Waals surface area (Å²) < 4.78 is 0. The Balaban J connectivity index is 2.29. The number of aromatic nitrogens is 2. The van der Waals surface area contributed by atoms with E-state index in [-0.39, 0.29) is 0 Å². The summed E-state index contributed by atoms with van der Waals surface area (Å²) in [5, 5.41) is 0. The maximum Gasteiger partial charge on any atom is 0.0975 e. The first-order valence-electron chi connectivity index (χ1n) is 4.71. The third-order valence-electron chi connectivity index (χ3n) is 2.79. The molecule has 0 aliphatic heterocycles. The Morgan fingerprint density at radius 3 is 2.79 bits per heavy atom. The van der Waals surface area contributed by atoms with Gasteiger partial charge in [0.25, 0.3) is 0 Å². The lowest BCUT2D eigenvalue weighted by molar-refractivity contribution is 1.12. The number of pyridine rings is 2. The Morgan fingerprint density at radius 2 is 1.93 bits per heavy atom. The molecule has 1 aliphatic rings. The molecule has 0 fully saturated rings.